The van der Waals surface area contributed by atoms with Gasteiger partial charge in [-0.15, -0.1) is 0 Å². The van der Waals surface area contributed by atoms with Crippen LogP contribution in [0.25, 0.3) is 0 Å². The second kappa shape index (κ2) is 2.98. The zero-order valence-corrected chi connectivity index (χ0v) is 7.80. The van der Waals surface area contributed by atoms with Crippen LogP contribution in [-0.2, 0) is 9.47 Å². The smallest absolute Gasteiger partial charge is 0.0859 e. The molecule has 0 bridgehead atoms. The van der Waals surface area contributed by atoms with Crippen molar-refractivity contribution in [2.75, 3.05) is 20.2 Å². The monoisotopic (exact) mass is 171 g/mol. The van der Waals surface area contributed by atoms with Crippen LogP contribution in [0.2, 0.25) is 0 Å². The number of morpholine rings is 1. The molecule has 0 aromatic carbocycles. The minimum absolute atomic E-state index is 0.109. The van der Waals surface area contributed by atoms with E-state index in [4.69, 9.17) is 9.47 Å². The highest BCUT2D eigenvalue weighted by molar-refractivity contribution is 5.00. The second-order valence-corrected chi connectivity index (χ2v) is 4.01. The van der Waals surface area contributed by atoms with Gasteiger partial charge in [0, 0.05) is 33.0 Å². The Kier molecular flexibility index (Phi) is 2.10. The van der Waals surface area contributed by atoms with E-state index >= 15 is 0 Å². The van der Waals surface area contributed by atoms with Gasteiger partial charge in [0.15, 0.2) is 0 Å². The highest BCUT2D eigenvalue weighted by atomic mass is 16.5. The maximum Gasteiger partial charge on any atom is 0.0859 e. The number of hydrogen-bond acceptors (Lipinski definition) is 3. The van der Waals surface area contributed by atoms with E-state index in [0.29, 0.717) is 12.2 Å². The van der Waals surface area contributed by atoms with Gasteiger partial charge in [-0.2, -0.15) is 0 Å². The van der Waals surface area contributed by atoms with Crippen LogP contribution in [0.4, 0.5) is 0 Å². The fraction of sp³-hybridized carbons (Fsp3) is 1.00. The summed E-state index contributed by atoms with van der Waals surface area (Å²) in [5.74, 6) is 0. The molecule has 2 aliphatic rings. The summed E-state index contributed by atoms with van der Waals surface area (Å²) in [4.78, 5) is 0. The lowest BCUT2D eigenvalue weighted by Crippen LogP contribution is -2.61. The normalized spacial score (nSPS) is 47.5. The summed E-state index contributed by atoms with van der Waals surface area (Å²) in [6, 6.07) is 0. The van der Waals surface area contributed by atoms with E-state index in [0.717, 1.165) is 25.9 Å². The van der Waals surface area contributed by atoms with Gasteiger partial charge in [-0.05, 0) is 6.92 Å². The van der Waals surface area contributed by atoms with Crippen molar-refractivity contribution in [3.05, 3.63) is 0 Å². The first-order valence-corrected chi connectivity index (χ1v) is 4.65. The minimum atomic E-state index is 0.109. The van der Waals surface area contributed by atoms with Crippen molar-refractivity contribution in [1.29, 1.82) is 0 Å². The van der Waals surface area contributed by atoms with Gasteiger partial charge in [0.1, 0.15) is 0 Å². The summed E-state index contributed by atoms with van der Waals surface area (Å²) >= 11 is 0. The molecule has 0 radical (unpaired) electrons. The Labute approximate surface area is 73.4 Å². The first kappa shape index (κ1) is 8.48. The number of nitrogens with one attached hydrogen (secondary N) is 1. The van der Waals surface area contributed by atoms with E-state index in [9.17, 15) is 0 Å². The molecule has 3 nitrogen and oxygen atoms in total. The molecule has 1 unspecified atom stereocenters. The van der Waals surface area contributed by atoms with Crippen LogP contribution in [0, 0.1) is 0 Å². The zero-order chi connectivity index (χ0) is 8.60. The topological polar surface area (TPSA) is 30.5 Å². The molecule has 0 aromatic rings. The van der Waals surface area contributed by atoms with Crippen LogP contribution in [0.3, 0.4) is 0 Å². The Morgan fingerprint density at radius 2 is 2.25 bits per heavy atom. The average molecular weight is 171 g/mol. The van der Waals surface area contributed by atoms with Crippen molar-refractivity contribution in [3.63, 3.8) is 0 Å². The average Bonchev–Trinajstić information content (AvgIpc) is 1.99. The number of hydrogen-bond donors (Lipinski definition) is 1. The van der Waals surface area contributed by atoms with Gasteiger partial charge >= 0.3 is 0 Å². The molecule has 12 heavy (non-hydrogen) atoms. The molecule has 70 valence electrons. The minimum Gasteiger partial charge on any atom is -0.381 e. The molecule has 1 saturated heterocycles. The molecule has 1 heterocycles. The summed E-state index contributed by atoms with van der Waals surface area (Å²) in [6.07, 6.45) is 2.90. The van der Waals surface area contributed by atoms with Crippen LogP contribution < -0.4 is 5.32 Å². The van der Waals surface area contributed by atoms with Gasteiger partial charge in [-0.25, -0.2) is 0 Å². The summed E-state index contributed by atoms with van der Waals surface area (Å²) < 4.78 is 11.1. The maximum atomic E-state index is 5.90. The Morgan fingerprint density at radius 1 is 1.50 bits per heavy atom. The molecule has 2 fully saturated rings. The SMILES string of the molecule is COC1CC2(CNCC(C)O2)C1. The summed E-state index contributed by atoms with van der Waals surface area (Å²) in [6.45, 7) is 4.10. The molecule has 1 atom stereocenters. The highest BCUT2D eigenvalue weighted by Gasteiger charge is 2.47. The van der Waals surface area contributed by atoms with E-state index in [2.05, 4.69) is 12.2 Å². The third-order valence-electron chi connectivity index (χ3n) is 2.86. The molecule has 1 spiro atoms. The number of rotatable bonds is 1. The molecule has 1 N–H and O–H groups in total. The molecular weight excluding hydrogens is 154 g/mol. The van der Waals surface area contributed by atoms with Gasteiger partial charge < -0.3 is 14.8 Å². The Balaban J connectivity index is 1.88. The first-order valence-electron chi connectivity index (χ1n) is 4.65. The lowest BCUT2D eigenvalue weighted by molar-refractivity contribution is -0.198. The third kappa shape index (κ3) is 1.37. The molecule has 1 aliphatic carbocycles. The molecule has 1 aliphatic heterocycles. The Bertz CT molecular complexity index is 166. The van der Waals surface area contributed by atoms with E-state index in [1.54, 1.807) is 7.11 Å². The lowest BCUT2D eigenvalue weighted by Gasteiger charge is -2.50. The molecule has 1 saturated carbocycles. The van der Waals surface area contributed by atoms with Crippen molar-refractivity contribution in [2.24, 2.45) is 0 Å². The van der Waals surface area contributed by atoms with Gasteiger partial charge in [0.05, 0.1) is 17.8 Å². The van der Waals surface area contributed by atoms with Gasteiger partial charge in [-0.1, -0.05) is 0 Å². The van der Waals surface area contributed by atoms with Crippen LogP contribution in [0.15, 0.2) is 0 Å². The van der Waals surface area contributed by atoms with Crippen molar-refractivity contribution in [2.45, 2.75) is 37.6 Å². The fourth-order valence-electron chi connectivity index (χ4n) is 2.19. The second-order valence-electron chi connectivity index (χ2n) is 4.01. The third-order valence-corrected chi connectivity index (χ3v) is 2.86. The zero-order valence-electron chi connectivity index (χ0n) is 7.80. The highest BCUT2D eigenvalue weighted by Crippen LogP contribution is 2.39. The van der Waals surface area contributed by atoms with Gasteiger partial charge in [0.2, 0.25) is 0 Å². The quantitative estimate of drug-likeness (QED) is 0.624. The van der Waals surface area contributed by atoms with Gasteiger partial charge in [0.25, 0.3) is 0 Å². The van der Waals surface area contributed by atoms with E-state index in [1.165, 1.54) is 0 Å². The van der Waals surface area contributed by atoms with Crippen LogP contribution in [-0.4, -0.2) is 38.0 Å². The fourth-order valence-corrected chi connectivity index (χ4v) is 2.19. The van der Waals surface area contributed by atoms with Crippen LogP contribution in [0.1, 0.15) is 19.8 Å². The van der Waals surface area contributed by atoms with E-state index in [1.807, 2.05) is 0 Å². The number of methoxy groups -OCH3 is 1. The summed E-state index contributed by atoms with van der Waals surface area (Å²) in [5, 5.41) is 3.39. The first-order chi connectivity index (χ1) is 5.74. The molecular formula is C9H17NO2. The predicted molar refractivity (Wildman–Crippen MR) is 46.2 cm³/mol. The number of ether oxygens (including phenoxy) is 2. The maximum absolute atomic E-state index is 5.90. The molecule has 0 aromatic heterocycles. The lowest BCUT2D eigenvalue weighted by atomic mass is 9.76. The Morgan fingerprint density at radius 3 is 2.83 bits per heavy atom. The summed E-state index contributed by atoms with van der Waals surface area (Å²) in [7, 11) is 1.78. The predicted octanol–water partition coefficient (Wildman–Crippen LogP) is 0.542. The molecule has 3 heteroatoms. The van der Waals surface area contributed by atoms with Crippen molar-refractivity contribution < 1.29 is 9.47 Å². The largest absolute Gasteiger partial charge is 0.381 e. The van der Waals surface area contributed by atoms with E-state index in [-0.39, 0.29) is 5.60 Å². The molecule has 0 amide bonds. The van der Waals surface area contributed by atoms with Crippen molar-refractivity contribution in [1.82, 2.24) is 5.32 Å². The van der Waals surface area contributed by atoms with Gasteiger partial charge in [-0.3, -0.25) is 0 Å². The van der Waals surface area contributed by atoms with Crippen molar-refractivity contribution >= 4 is 0 Å². The van der Waals surface area contributed by atoms with E-state index < -0.39 is 0 Å². The van der Waals surface area contributed by atoms with Crippen LogP contribution >= 0.6 is 0 Å². The van der Waals surface area contributed by atoms with Crippen LogP contribution in [0.5, 0.6) is 0 Å². The standard InChI is InChI=1S/C9H17NO2/c1-7-5-10-6-9(12-7)3-8(4-9)11-2/h7-8,10H,3-6H2,1-2H3. The molecule has 2 rings (SSSR count). The Hall–Kier alpha value is -0.120. The van der Waals surface area contributed by atoms with Crippen molar-refractivity contribution in [3.8, 4) is 0 Å². The summed E-state index contributed by atoms with van der Waals surface area (Å²) in [5.41, 5.74) is 0.109.